The Kier molecular flexibility index (Phi) is 2.55. The summed E-state index contributed by atoms with van der Waals surface area (Å²) in [7, 11) is 0. The van der Waals surface area contributed by atoms with E-state index in [0.717, 1.165) is 12.3 Å². The van der Waals surface area contributed by atoms with Crippen LogP contribution < -0.4 is 11.3 Å². The van der Waals surface area contributed by atoms with Gasteiger partial charge in [-0.15, -0.1) is 0 Å². The van der Waals surface area contributed by atoms with Crippen LogP contribution in [0.5, 0.6) is 0 Å². The number of rotatable bonds is 1. The van der Waals surface area contributed by atoms with Crippen molar-refractivity contribution < 1.29 is 13.2 Å². The molecule has 0 fully saturated rings. The number of aromatic amines is 1. The van der Waals surface area contributed by atoms with Crippen molar-refractivity contribution in [1.29, 1.82) is 0 Å². The van der Waals surface area contributed by atoms with Crippen molar-refractivity contribution >= 4 is 17.4 Å². The maximum atomic E-state index is 11.8. The van der Waals surface area contributed by atoms with Gasteiger partial charge in [-0.2, -0.15) is 13.2 Å². The number of halogens is 3. The van der Waals surface area contributed by atoms with Crippen LogP contribution in [-0.2, 0) is 0 Å². The number of nitrogens with two attached hydrogens (primary N) is 1. The van der Waals surface area contributed by atoms with Gasteiger partial charge < -0.3 is 10.7 Å². The van der Waals surface area contributed by atoms with Crippen LogP contribution >= 0.6 is 11.8 Å². The van der Waals surface area contributed by atoms with Gasteiger partial charge in [-0.25, -0.2) is 0 Å². The van der Waals surface area contributed by atoms with E-state index in [2.05, 4.69) is 4.98 Å². The Labute approximate surface area is 75.1 Å². The van der Waals surface area contributed by atoms with Crippen molar-refractivity contribution in [3.8, 4) is 0 Å². The summed E-state index contributed by atoms with van der Waals surface area (Å²) >= 11 is -0.327. The van der Waals surface area contributed by atoms with Crippen LogP contribution in [0, 0.1) is 0 Å². The summed E-state index contributed by atoms with van der Waals surface area (Å²) in [5, 5.41) is 0. The second-order valence-corrected chi connectivity index (χ2v) is 3.31. The summed E-state index contributed by atoms with van der Waals surface area (Å²) < 4.78 is 35.4. The largest absolute Gasteiger partial charge is 0.446 e. The maximum absolute atomic E-state index is 11.8. The molecular formula is C6H5F3N2OS. The lowest BCUT2D eigenvalue weighted by Gasteiger charge is -2.04. The predicted molar refractivity (Wildman–Crippen MR) is 43.4 cm³/mol. The number of anilines is 1. The molecule has 0 saturated heterocycles. The Morgan fingerprint density at radius 2 is 2.08 bits per heavy atom. The molecule has 0 aliphatic rings. The number of nitrogens with one attached hydrogen (secondary N) is 1. The highest BCUT2D eigenvalue weighted by molar-refractivity contribution is 8.00. The molecule has 0 spiro atoms. The van der Waals surface area contributed by atoms with Crippen LogP contribution in [0.3, 0.4) is 0 Å². The molecule has 0 unspecified atom stereocenters. The molecule has 72 valence electrons. The van der Waals surface area contributed by atoms with E-state index in [0.29, 0.717) is 0 Å². The molecule has 0 atom stereocenters. The Balaban J connectivity index is 2.92. The first-order valence-electron chi connectivity index (χ1n) is 3.12. The third kappa shape index (κ3) is 3.02. The molecule has 0 amide bonds. The highest BCUT2D eigenvalue weighted by Gasteiger charge is 2.29. The molecule has 3 N–H and O–H groups in total. The molecule has 0 radical (unpaired) electrons. The van der Waals surface area contributed by atoms with Gasteiger partial charge in [-0.3, -0.25) is 4.79 Å². The van der Waals surface area contributed by atoms with Crippen LogP contribution in [-0.4, -0.2) is 10.5 Å². The molecule has 1 rings (SSSR count). The molecule has 3 nitrogen and oxygen atoms in total. The molecule has 7 heteroatoms. The summed E-state index contributed by atoms with van der Waals surface area (Å²) in [6.45, 7) is 0. The van der Waals surface area contributed by atoms with E-state index in [-0.39, 0.29) is 22.3 Å². The van der Waals surface area contributed by atoms with E-state index in [4.69, 9.17) is 5.73 Å². The predicted octanol–water partition coefficient (Wildman–Crippen LogP) is 1.57. The smallest absolute Gasteiger partial charge is 0.394 e. The highest BCUT2D eigenvalue weighted by Crippen LogP contribution is 2.36. The monoisotopic (exact) mass is 210 g/mol. The molecule has 0 aliphatic heterocycles. The van der Waals surface area contributed by atoms with Gasteiger partial charge in [0.25, 0.3) is 5.56 Å². The average Bonchev–Trinajstić information content (AvgIpc) is 1.94. The summed E-state index contributed by atoms with van der Waals surface area (Å²) in [5.74, 6) is 0. The van der Waals surface area contributed by atoms with Gasteiger partial charge in [0.2, 0.25) is 0 Å². The summed E-state index contributed by atoms with van der Waals surface area (Å²) in [6.07, 6.45) is 0.969. The Morgan fingerprint density at radius 1 is 1.46 bits per heavy atom. The lowest BCUT2D eigenvalue weighted by Crippen LogP contribution is -2.11. The first kappa shape index (κ1) is 9.97. The topological polar surface area (TPSA) is 58.9 Å². The van der Waals surface area contributed by atoms with E-state index >= 15 is 0 Å². The number of alkyl halides is 3. The van der Waals surface area contributed by atoms with Gasteiger partial charge >= 0.3 is 5.51 Å². The number of nitrogen functional groups attached to an aromatic ring is 1. The molecule has 0 aromatic carbocycles. The molecule has 1 heterocycles. The number of hydrogen-bond donors (Lipinski definition) is 2. The third-order valence-corrected chi connectivity index (χ3v) is 1.84. The minimum absolute atomic E-state index is 0.135. The van der Waals surface area contributed by atoms with Gasteiger partial charge in [-0.1, -0.05) is 0 Å². The Bertz CT molecular complexity index is 360. The molecule has 1 aromatic rings. The molecule has 13 heavy (non-hydrogen) atoms. The number of thioether (sulfide) groups is 1. The van der Waals surface area contributed by atoms with Gasteiger partial charge in [0.15, 0.2) is 0 Å². The van der Waals surface area contributed by atoms with E-state index in [9.17, 15) is 18.0 Å². The Hall–Kier alpha value is -1.11. The van der Waals surface area contributed by atoms with E-state index in [1.54, 1.807) is 0 Å². The van der Waals surface area contributed by atoms with Crippen molar-refractivity contribution in [2.45, 2.75) is 10.4 Å². The van der Waals surface area contributed by atoms with Crippen molar-refractivity contribution in [2.75, 3.05) is 5.73 Å². The summed E-state index contributed by atoms with van der Waals surface area (Å²) in [5.41, 5.74) is -0.0740. The average molecular weight is 210 g/mol. The first-order valence-corrected chi connectivity index (χ1v) is 3.94. The highest BCUT2D eigenvalue weighted by atomic mass is 32.2. The van der Waals surface area contributed by atoms with Gasteiger partial charge in [0.05, 0.1) is 5.69 Å². The summed E-state index contributed by atoms with van der Waals surface area (Å²) in [4.78, 5) is 12.6. The van der Waals surface area contributed by atoms with Crippen LogP contribution in [0.25, 0.3) is 0 Å². The zero-order valence-electron chi connectivity index (χ0n) is 6.18. The standard InChI is InChI=1S/C6H5F3N2OS/c7-6(8,9)13-3-1-4(10)5(12)11-2-3/h1-2H,10H2,(H,11,12). The number of aromatic nitrogens is 1. The number of H-pyrrole nitrogens is 1. The fraction of sp³-hybridized carbons (Fsp3) is 0.167. The second kappa shape index (κ2) is 3.33. The molecule has 0 aliphatic carbocycles. The SMILES string of the molecule is Nc1cc(SC(F)(F)F)c[nH]c1=O. The fourth-order valence-electron chi connectivity index (χ4n) is 0.673. The van der Waals surface area contributed by atoms with E-state index in [1.165, 1.54) is 0 Å². The fourth-order valence-corrected chi connectivity index (χ4v) is 1.24. The minimum atomic E-state index is -4.37. The van der Waals surface area contributed by atoms with Crippen LogP contribution in [0.2, 0.25) is 0 Å². The molecule has 0 saturated carbocycles. The number of pyridine rings is 1. The van der Waals surface area contributed by atoms with Gasteiger partial charge in [-0.05, 0) is 17.8 Å². The second-order valence-electron chi connectivity index (χ2n) is 2.17. The van der Waals surface area contributed by atoms with Crippen molar-refractivity contribution in [3.05, 3.63) is 22.6 Å². The summed E-state index contributed by atoms with van der Waals surface area (Å²) in [6, 6.07) is 0.983. The third-order valence-electron chi connectivity index (χ3n) is 1.14. The van der Waals surface area contributed by atoms with Gasteiger partial charge in [0.1, 0.15) is 0 Å². The van der Waals surface area contributed by atoms with Crippen LogP contribution in [0.1, 0.15) is 0 Å². The quantitative estimate of drug-likeness (QED) is 0.691. The zero-order chi connectivity index (χ0) is 10.1. The Morgan fingerprint density at radius 3 is 2.54 bits per heavy atom. The molecular weight excluding hydrogens is 205 g/mol. The normalized spacial score (nSPS) is 11.6. The van der Waals surface area contributed by atoms with Crippen molar-refractivity contribution in [2.24, 2.45) is 0 Å². The van der Waals surface area contributed by atoms with E-state index < -0.39 is 11.1 Å². The first-order chi connectivity index (χ1) is 5.88. The van der Waals surface area contributed by atoms with Gasteiger partial charge in [0, 0.05) is 11.1 Å². The zero-order valence-corrected chi connectivity index (χ0v) is 7.00. The lowest BCUT2D eigenvalue weighted by molar-refractivity contribution is -0.0328. The van der Waals surface area contributed by atoms with Crippen molar-refractivity contribution in [3.63, 3.8) is 0 Å². The number of hydrogen-bond acceptors (Lipinski definition) is 3. The molecule has 1 aromatic heterocycles. The molecule has 0 bridgehead atoms. The van der Waals surface area contributed by atoms with E-state index in [1.807, 2.05) is 0 Å². The van der Waals surface area contributed by atoms with Crippen LogP contribution in [0.15, 0.2) is 22.0 Å². The van der Waals surface area contributed by atoms with Crippen LogP contribution in [0.4, 0.5) is 18.9 Å². The maximum Gasteiger partial charge on any atom is 0.446 e. The van der Waals surface area contributed by atoms with Crippen molar-refractivity contribution in [1.82, 2.24) is 4.98 Å². The minimum Gasteiger partial charge on any atom is -0.394 e. The lowest BCUT2D eigenvalue weighted by atomic mass is 10.4.